The van der Waals surface area contributed by atoms with Crippen molar-refractivity contribution in [2.45, 2.75) is 64.2 Å². The Kier molecular flexibility index (Phi) is 6.26. The van der Waals surface area contributed by atoms with Crippen LogP contribution in [0.5, 0.6) is 0 Å². The first-order valence-electron chi connectivity index (χ1n) is 14.8. The number of halogens is 1. The second kappa shape index (κ2) is 9.93. The molecular formula is C36H37FNO+. The van der Waals surface area contributed by atoms with Gasteiger partial charge in [0, 0.05) is 22.9 Å². The summed E-state index contributed by atoms with van der Waals surface area (Å²) >= 11 is 0. The lowest BCUT2D eigenvalue weighted by molar-refractivity contribution is -0.660. The molecular weight excluding hydrogens is 481 g/mol. The van der Waals surface area contributed by atoms with Gasteiger partial charge in [0.2, 0.25) is 5.69 Å². The molecule has 2 fully saturated rings. The highest BCUT2D eigenvalue weighted by atomic mass is 19.1. The summed E-state index contributed by atoms with van der Waals surface area (Å²) in [5.41, 5.74) is 7.57. The first kappa shape index (κ1) is 24.6. The summed E-state index contributed by atoms with van der Waals surface area (Å²) in [5, 5.41) is 1.98. The van der Waals surface area contributed by atoms with Crippen molar-refractivity contribution < 1.29 is 13.4 Å². The van der Waals surface area contributed by atoms with Crippen LogP contribution < -0.4 is 4.57 Å². The number of pyridine rings is 1. The first-order chi connectivity index (χ1) is 19.1. The smallest absolute Gasteiger partial charge is 0.216 e. The fourth-order valence-electron chi connectivity index (χ4n) is 7.66. The second-order valence-corrected chi connectivity index (χ2v) is 12.0. The number of hydrogen-bond acceptors (Lipinski definition) is 1. The number of fused-ring (bicyclic) bond motifs is 3. The van der Waals surface area contributed by atoms with Crippen LogP contribution in [-0.4, -0.2) is 0 Å². The average molecular weight is 519 g/mol. The topological polar surface area (TPSA) is 17.0 Å². The van der Waals surface area contributed by atoms with Crippen molar-refractivity contribution in [3.05, 3.63) is 89.9 Å². The van der Waals surface area contributed by atoms with Crippen LogP contribution in [-0.2, 0) is 7.05 Å². The van der Waals surface area contributed by atoms with Crippen LogP contribution in [0.4, 0.5) is 4.39 Å². The van der Waals surface area contributed by atoms with Gasteiger partial charge in [0.05, 0.1) is 11.1 Å². The van der Waals surface area contributed by atoms with Crippen molar-refractivity contribution in [1.29, 1.82) is 0 Å². The Morgan fingerprint density at radius 3 is 2.23 bits per heavy atom. The van der Waals surface area contributed by atoms with Gasteiger partial charge in [0.1, 0.15) is 24.0 Å². The standard InChI is InChI=1S/C36H37FNO/c1-23-13-18-29-30-19-20-31(37)34(36(30)39-35(29)33(23)32-12-5-6-21-38(32)2)26-16-14-25(15-17-26)28-11-7-10-27(22-28)24-8-3-4-9-24/h5-6,12-21,24,27-28H,3-4,7-11,22H2,1-2H3/q+1. The maximum atomic E-state index is 15.5. The maximum absolute atomic E-state index is 15.5. The lowest BCUT2D eigenvalue weighted by Crippen LogP contribution is -2.30. The van der Waals surface area contributed by atoms with Crippen LogP contribution in [0.3, 0.4) is 0 Å². The van der Waals surface area contributed by atoms with E-state index in [0.717, 1.165) is 50.6 Å². The predicted molar refractivity (Wildman–Crippen MR) is 157 cm³/mol. The molecule has 0 N–H and O–H groups in total. The molecule has 0 saturated heterocycles. The summed E-state index contributed by atoms with van der Waals surface area (Å²) in [7, 11) is 2.05. The summed E-state index contributed by atoms with van der Waals surface area (Å²) in [6.45, 7) is 2.11. The molecule has 198 valence electrons. The number of furan rings is 1. The van der Waals surface area contributed by atoms with E-state index in [1.165, 1.54) is 56.9 Å². The quantitative estimate of drug-likeness (QED) is 0.216. The normalized spacial score (nSPS) is 20.3. The Hall–Kier alpha value is -3.46. The highest BCUT2D eigenvalue weighted by Gasteiger charge is 2.31. The number of nitrogens with zero attached hydrogens (tertiary/aromatic N) is 1. The van der Waals surface area contributed by atoms with Gasteiger partial charge >= 0.3 is 0 Å². The second-order valence-electron chi connectivity index (χ2n) is 12.0. The van der Waals surface area contributed by atoms with Crippen LogP contribution in [0.15, 0.2) is 77.3 Å². The average Bonchev–Trinajstić information content (AvgIpc) is 3.63. The van der Waals surface area contributed by atoms with E-state index in [2.05, 4.69) is 54.0 Å². The highest BCUT2D eigenvalue weighted by Crippen LogP contribution is 2.45. The lowest BCUT2D eigenvalue weighted by atomic mass is 9.72. The van der Waals surface area contributed by atoms with Crippen LogP contribution in [0.1, 0.15) is 68.4 Å². The molecule has 0 spiro atoms. The minimum atomic E-state index is -0.239. The molecule has 39 heavy (non-hydrogen) atoms. The Morgan fingerprint density at radius 1 is 0.744 bits per heavy atom. The van der Waals surface area contributed by atoms with Crippen molar-refractivity contribution in [1.82, 2.24) is 0 Å². The van der Waals surface area contributed by atoms with E-state index in [9.17, 15) is 0 Å². The van der Waals surface area contributed by atoms with Crippen LogP contribution in [0, 0.1) is 24.6 Å². The summed E-state index contributed by atoms with van der Waals surface area (Å²) in [4.78, 5) is 0. The Labute approximate surface area is 230 Å². The molecule has 2 nitrogen and oxygen atoms in total. The van der Waals surface area contributed by atoms with E-state index in [0.29, 0.717) is 17.1 Å². The number of aryl methyl sites for hydroxylation is 2. The van der Waals surface area contributed by atoms with Gasteiger partial charge in [-0.2, -0.15) is 0 Å². The molecule has 0 amide bonds. The van der Waals surface area contributed by atoms with E-state index in [-0.39, 0.29) is 5.82 Å². The van der Waals surface area contributed by atoms with Crippen LogP contribution in [0.25, 0.3) is 44.3 Å². The van der Waals surface area contributed by atoms with E-state index in [1.807, 2.05) is 31.4 Å². The Morgan fingerprint density at radius 2 is 1.46 bits per heavy atom. The molecule has 2 saturated carbocycles. The molecule has 0 radical (unpaired) electrons. The van der Waals surface area contributed by atoms with Gasteiger partial charge < -0.3 is 4.42 Å². The van der Waals surface area contributed by atoms with Crippen molar-refractivity contribution in [3.63, 3.8) is 0 Å². The van der Waals surface area contributed by atoms with Crippen molar-refractivity contribution in [2.24, 2.45) is 18.9 Å². The molecule has 0 aliphatic heterocycles. The lowest BCUT2D eigenvalue weighted by Gasteiger charge is -2.33. The van der Waals surface area contributed by atoms with E-state index < -0.39 is 0 Å². The molecule has 2 aliphatic rings. The van der Waals surface area contributed by atoms with Crippen LogP contribution >= 0.6 is 0 Å². The van der Waals surface area contributed by atoms with Crippen LogP contribution in [0.2, 0.25) is 0 Å². The Bertz CT molecular complexity index is 1660. The molecule has 0 bridgehead atoms. The van der Waals surface area contributed by atoms with Gasteiger partial charge in [-0.25, -0.2) is 8.96 Å². The van der Waals surface area contributed by atoms with E-state index in [4.69, 9.17) is 4.42 Å². The van der Waals surface area contributed by atoms with Crippen molar-refractivity contribution >= 4 is 21.9 Å². The molecule has 3 aromatic carbocycles. The fraction of sp³-hybridized carbons (Fsp3) is 0.361. The summed E-state index contributed by atoms with van der Waals surface area (Å²) < 4.78 is 24.2. The largest absolute Gasteiger partial charge is 0.454 e. The maximum Gasteiger partial charge on any atom is 0.216 e. The van der Waals surface area contributed by atoms with Gasteiger partial charge in [-0.15, -0.1) is 0 Å². The third-order valence-electron chi connectivity index (χ3n) is 9.73. The predicted octanol–water partition coefficient (Wildman–Crippen LogP) is 9.66. The zero-order valence-corrected chi connectivity index (χ0v) is 23.1. The summed E-state index contributed by atoms with van der Waals surface area (Å²) in [6, 6.07) is 22.6. The van der Waals surface area contributed by atoms with Gasteiger partial charge in [-0.3, -0.25) is 0 Å². The number of hydrogen-bond donors (Lipinski definition) is 0. The number of aromatic nitrogens is 1. The van der Waals surface area contributed by atoms with Gasteiger partial charge in [-0.05, 0) is 72.4 Å². The summed E-state index contributed by atoms with van der Waals surface area (Å²) in [6.07, 6.45) is 13.1. The minimum absolute atomic E-state index is 0.239. The molecule has 3 heteroatoms. The SMILES string of the molecule is Cc1ccc2c(oc3c(-c4ccc(C5CCCC(C6CCCC6)C5)cc4)c(F)ccc32)c1-c1cccc[n+]1C. The minimum Gasteiger partial charge on any atom is -0.454 e. The molecule has 7 rings (SSSR count). The molecule has 2 unspecified atom stereocenters. The van der Waals surface area contributed by atoms with Gasteiger partial charge in [0.25, 0.3) is 0 Å². The van der Waals surface area contributed by atoms with Gasteiger partial charge in [0.15, 0.2) is 6.20 Å². The molecule has 2 aromatic heterocycles. The molecule has 2 atom stereocenters. The molecule has 2 heterocycles. The van der Waals surface area contributed by atoms with Gasteiger partial charge in [-0.1, -0.05) is 74.9 Å². The zero-order valence-electron chi connectivity index (χ0n) is 23.1. The molecule has 5 aromatic rings. The third-order valence-corrected chi connectivity index (χ3v) is 9.73. The molecule has 2 aliphatic carbocycles. The van der Waals surface area contributed by atoms with E-state index >= 15 is 4.39 Å². The van der Waals surface area contributed by atoms with Crippen molar-refractivity contribution in [3.8, 4) is 22.4 Å². The third kappa shape index (κ3) is 4.27. The summed E-state index contributed by atoms with van der Waals surface area (Å²) in [5.74, 6) is 2.22. The fourth-order valence-corrected chi connectivity index (χ4v) is 7.66. The first-order valence-corrected chi connectivity index (χ1v) is 14.8. The van der Waals surface area contributed by atoms with E-state index in [1.54, 1.807) is 6.07 Å². The zero-order chi connectivity index (χ0) is 26.5. The Balaban J connectivity index is 1.29. The number of benzene rings is 3. The van der Waals surface area contributed by atoms with Crippen molar-refractivity contribution in [2.75, 3.05) is 0 Å². The number of rotatable bonds is 4. The monoisotopic (exact) mass is 518 g/mol. The highest BCUT2D eigenvalue weighted by molar-refractivity contribution is 6.13.